The summed E-state index contributed by atoms with van der Waals surface area (Å²) in [5.74, 6) is -0.843. The predicted octanol–water partition coefficient (Wildman–Crippen LogP) is 2.89. The van der Waals surface area contributed by atoms with Crippen LogP contribution >= 0.6 is 11.6 Å². The number of aryl methyl sites for hydroxylation is 2. The number of anilines is 1. The van der Waals surface area contributed by atoms with Gasteiger partial charge in [0.2, 0.25) is 21.8 Å². The molecule has 0 aliphatic carbocycles. The molecule has 0 fully saturated rings. The van der Waals surface area contributed by atoms with Crippen molar-refractivity contribution in [3.05, 3.63) is 64.2 Å². The van der Waals surface area contributed by atoms with Crippen molar-refractivity contribution in [3.8, 4) is 0 Å². The summed E-state index contributed by atoms with van der Waals surface area (Å²) >= 11 is 6.17. The van der Waals surface area contributed by atoms with E-state index in [0.29, 0.717) is 5.02 Å². The third-order valence-electron chi connectivity index (χ3n) is 4.97. The second-order valence-electron chi connectivity index (χ2n) is 7.50. The highest BCUT2D eigenvalue weighted by atomic mass is 35.5. The summed E-state index contributed by atoms with van der Waals surface area (Å²) in [5.41, 5.74) is 2.94. The summed E-state index contributed by atoms with van der Waals surface area (Å²) in [6.07, 6.45) is 1.03. The van der Waals surface area contributed by atoms with Crippen LogP contribution in [0.1, 0.15) is 23.6 Å². The van der Waals surface area contributed by atoms with Crippen LogP contribution in [0.4, 0.5) is 5.69 Å². The Kier molecular flexibility index (Phi) is 8.08. The number of benzene rings is 2. The van der Waals surface area contributed by atoms with Gasteiger partial charge in [0, 0.05) is 18.6 Å². The van der Waals surface area contributed by atoms with Crippen molar-refractivity contribution >= 4 is 39.1 Å². The Morgan fingerprint density at radius 3 is 2.35 bits per heavy atom. The number of likely N-dealkylation sites (N-methyl/N-ethyl adjacent to an activating group) is 1. The number of carbonyl (C=O) groups excluding carboxylic acids is 2. The first-order valence-corrected chi connectivity index (χ1v) is 12.0. The number of nitrogens with one attached hydrogen (secondary N) is 1. The second kappa shape index (κ2) is 10.2. The molecule has 2 amide bonds. The molecule has 168 valence electrons. The van der Waals surface area contributed by atoms with Crippen molar-refractivity contribution in [2.24, 2.45) is 0 Å². The van der Waals surface area contributed by atoms with Crippen molar-refractivity contribution in [1.82, 2.24) is 10.2 Å². The van der Waals surface area contributed by atoms with Crippen LogP contribution in [-0.2, 0) is 26.2 Å². The van der Waals surface area contributed by atoms with Gasteiger partial charge in [-0.05, 0) is 44.0 Å². The lowest BCUT2D eigenvalue weighted by Gasteiger charge is -2.31. The van der Waals surface area contributed by atoms with Gasteiger partial charge in [0.25, 0.3) is 0 Å². The van der Waals surface area contributed by atoms with Gasteiger partial charge >= 0.3 is 0 Å². The highest BCUT2D eigenvalue weighted by Gasteiger charge is 2.29. The molecule has 1 N–H and O–H groups in total. The first kappa shape index (κ1) is 24.7. The Bertz CT molecular complexity index is 1070. The fourth-order valence-electron chi connectivity index (χ4n) is 3.15. The van der Waals surface area contributed by atoms with E-state index < -0.39 is 28.5 Å². The lowest BCUT2D eigenvalue weighted by Crippen LogP contribution is -2.50. The van der Waals surface area contributed by atoms with Crippen LogP contribution in [0, 0.1) is 13.8 Å². The van der Waals surface area contributed by atoms with Crippen LogP contribution in [0.2, 0.25) is 5.02 Å². The van der Waals surface area contributed by atoms with E-state index in [0.717, 1.165) is 27.3 Å². The van der Waals surface area contributed by atoms with E-state index in [2.05, 4.69) is 5.32 Å². The zero-order chi connectivity index (χ0) is 23.3. The maximum Gasteiger partial charge on any atom is 0.244 e. The summed E-state index contributed by atoms with van der Waals surface area (Å²) in [4.78, 5) is 27.0. The standard InChI is InChI=1S/C22H28ClN3O4S/c1-15-7-6-8-18(11-15)13-25(17(3)22(28)24-4)21(27)14-26(31(5,29)30)19-10-9-16(2)20(23)12-19/h6-12,17H,13-14H2,1-5H3,(H,24,28)/t17-/m1/s1. The van der Waals surface area contributed by atoms with Gasteiger partial charge in [0.05, 0.1) is 11.9 Å². The molecule has 0 unspecified atom stereocenters. The Labute approximate surface area is 189 Å². The van der Waals surface area contributed by atoms with E-state index in [4.69, 9.17) is 11.6 Å². The highest BCUT2D eigenvalue weighted by Crippen LogP contribution is 2.25. The molecular weight excluding hydrogens is 438 g/mol. The van der Waals surface area contributed by atoms with Crippen LogP contribution in [-0.4, -0.2) is 51.0 Å². The molecule has 0 saturated carbocycles. The average molecular weight is 466 g/mol. The minimum atomic E-state index is -3.78. The molecule has 0 radical (unpaired) electrons. The molecule has 0 aromatic heterocycles. The third kappa shape index (κ3) is 6.45. The maximum atomic E-state index is 13.3. The zero-order valence-corrected chi connectivity index (χ0v) is 19.9. The summed E-state index contributed by atoms with van der Waals surface area (Å²) < 4.78 is 26.0. The van der Waals surface area contributed by atoms with E-state index in [-0.39, 0.29) is 18.1 Å². The van der Waals surface area contributed by atoms with Gasteiger partial charge in [-0.2, -0.15) is 0 Å². The Morgan fingerprint density at radius 2 is 1.81 bits per heavy atom. The Hall–Kier alpha value is -2.58. The van der Waals surface area contributed by atoms with Gasteiger partial charge in [-0.3, -0.25) is 13.9 Å². The van der Waals surface area contributed by atoms with Gasteiger partial charge in [-0.1, -0.05) is 47.5 Å². The number of hydrogen-bond acceptors (Lipinski definition) is 4. The van der Waals surface area contributed by atoms with Crippen LogP contribution in [0.15, 0.2) is 42.5 Å². The minimum Gasteiger partial charge on any atom is -0.357 e. The Balaban J connectivity index is 2.40. The molecular formula is C22H28ClN3O4S. The number of hydrogen-bond donors (Lipinski definition) is 1. The molecule has 31 heavy (non-hydrogen) atoms. The Morgan fingerprint density at radius 1 is 1.13 bits per heavy atom. The lowest BCUT2D eigenvalue weighted by molar-refractivity contribution is -0.139. The van der Waals surface area contributed by atoms with Crippen molar-refractivity contribution in [2.75, 3.05) is 24.2 Å². The summed E-state index contributed by atoms with van der Waals surface area (Å²) in [6, 6.07) is 11.6. The first-order chi connectivity index (χ1) is 14.4. The molecule has 2 aromatic carbocycles. The molecule has 7 nitrogen and oxygen atoms in total. The van der Waals surface area contributed by atoms with Gasteiger partial charge in [0.1, 0.15) is 12.6 Å². The topological polar surface area (TPSA) is 86.8 Å². The molecule has 0 aliphatic rings. The van der Waals surface area contributed by atoms with Crippen LogP contribution < -0.4 is 9.62 Å². The third-order valence-corrected chi connectivity index (χ3v) is 6.52. The predicted molar refractivity (Wildman–Crippen MR) is 124 cm³/mol. The quantitative estimate of drug-likeness (QED) is 0.649. The number of nitrogens with zero attached hydrogens (tertiary/aromatic N) is 2. The maximum absolute atomic E-state index is 13.3. The van der Waals surface area contributed by atoms with Crippen LogP contribution in [0.25, 0.3) is 0 Å². The van der Waals surface area contributed by atoms with Crippen molar-refractivity contribution in [2.45, 2.75) is 33.4 Å². The zero-order valence-electron chi connectivity index (χ0n) is 18.3. The minimum absolute atomic E-state index is 0.168. The molecule has 0 aliphatic heterocycles. The van der Waals surface area contributed by atoms with Gasteiger partial charge in [-0.25, -0.2) is 8.42 Å². The molecule has 0 heterocycles. The highest BCUT2D eigenvalue weighted by molar-refractivity contribution is 7.92. The molecule has 0 spiro atoms. The van der Waals surface area contributed by atoms with Crippen LogP contribution in [0.3, 0.4) is 0 Å². The smallest absolute Gasteiger partial charge is 0.244 e. The first-order valence-electron chi connectivity index (χ1n) is 9.74. The molecule has 2 aromatic rings. The van der Waals surface area contributed by atoms with E-state index in [1.54, 1.807) is 26.0 Å². The number of halogens is 1. The van der Waals surface area contributed by atoms with Crippen molar-refractivity contribution < 1.29 is 18.0 Å². The van der Waals surface area contributed by atoms with E-state index >= 15 is 0 Å². The number of amides is 2. The van der Waals surface area contributed by atoms with E-state index in [9.17, 15) is 18.0 Å². The van der Waals surface area contributed by atoms with E-state index in [1.807, 2.05) is 31.2 Å². The summed E-state index contributed by atoms with van der Waals surface area (Å²) in [7, 11) is -2.29. The lowest BCUT2D eigenvalue weighted by atomic mass is 10.1. The summed E-state index contributed by atoms with van der Waals surface area (Å²) in [6.45, 7) is 5.06. The fourth-order valence-corrected chi connectivity index (χ4v) is 4.17. The second-order valence-corrected chi connectivity index (χ2v) is 9.82. The average Bonchev–Trinajstić information content (AvgIpc) is 2.70. The molecule has 0 saturated heterocycles. The summed E-state index contributed by atoms with van der Waals surface area (Å²) in [5, 5.41) is 2.94. The molecule has 0 bridgehead atoms. The molecule has 1 atom stereocenters. The number of carbonyl (C=O) groups is 2. The van der Waals surface area contributed by atoms with Crippen molar-refractivity contribution in [1.29, 1.82) is 0 Å². The number of rotatable bonds is 8. The monoisotopic (exact) mass is 465 g/mol. The SMILES string of the molecule is CNC(=O)[C@@H](C)N(Cc1cccc(C)c1)C(=O)CN(c1ccc(C)c(Cl)c1)S(C)(=O)=O. The normalized spacial score (nSPS) is 12.2. The van der Waals surface area contributed by atoms with Gasteiger partial charge in [0.15, 0.2) is 0 Å². The van der Waals surface area contributed by atoms with Crippen molar-refractivity contribution in [3.63, 3.8) is 0 Å². The molecule has 9 heteroatoms. The largest absolute Gasteiger partial charge is 0.357 e. The van der Waals surface area contributed by atoms with E-state index in [1.165, 1.54) is 18.0 Å². The fraction of sp³-hybridized carbons (Fsp3) is 0.364. The molecule has 2 rings (SSSR count). The van der Waals surface area contributed by atoms with Crippen LogP contribution in [0.5, 0.6) is 0 Å². The number of sulfonamides is 1. The van der Waals surface area contributed by atoms with Gasteiger partial charge < -0.3 is 10.2 Å². The van der Waals surface area contributed by atoms with Gasteiger partial charge in [-0.15, -0.1) is 0 Å².